The van der Waals surface area contributed by atoms with Crippen molar-refractivity contribution in [3.05, 3.63) is 65.1 Å². The average Bonchev–Trinajstić information content (AvgIpc) is 3.25. The van der Waals surface area contributed by atoms with Crippen LogP contribution in [0.2, 0.25) is 0 Å². The van der Waals surface area contributed by atoms with Gasteiger partial charge in [0.15, 0.2) is 17.1 Å². The number of aryl methyl sites for hydroxylation is 1. The van der Waals surface area contributed by atoms with Gasteiger partial charge in [0.25, 0.3) is 0 Å². The maximum absolute atomic E-state index is 5.63. The van der Waals surface area contributed by atoms with E-state index in [0.717, 1.165) is 54.2 Å². The van der Waals surface area contributed by atoms with Gasteiger partial charge in [-0.05, 0) is 37.8 Å². The highest BCUT2D eigenvalue weighted by Gasteiger charge is 2.41. The predicted molar refractivity (Wildman–Crippen MR) is 116 cm³/mol. The zero-order valence-electron chi connectivity index (χ0n) is 17.9. The van der Waals surface area contributed by atoms with Gasteiger partial charge in [0.1, 0.15) is 0 Å². The fourth-order valence-electron chi connectivity index (χ4n) is 5.26. The van der Waals surface area contributed by atoms with Crippen LogP contribution >= 0.6 is 0 Å². The van der Waals surface area contributed by atoms with Crippen molar-refractivity contribution in [1.29, 1.82) is 0 Å². The zero-order valence-corrected chi connectivity index (χ0v) is 17.9. The smallest absolute Gasteiger partial charge is 0.164 e. The number of methoxy groups -OCH3 is 2. The zero-order chi connectivity index (χ0) is 20.8. The minimum atomic E-state index is 0.385. The summed E-state index contributed by atoms with van der Waals surface area (Å²) in [7, 11) is 3.39. The van der Waals surface area contributed by atoms with E-state index in [1.165, 1.54) is 23.2 Å². The summed E-state index contributed by atoms with van der Waals surface area (Å²) in [4.78, 5) is 7.32. The van der Waals surface area contributed by atoms with Gasteiger partial charge in [-0.1, -0.05) is 12.1 Å². The van der Waals surface area contributed by atoms with Crippen LogP contribution in [0.25, 0.3) is 5.65 Å². The third-order valence-corrected chi connectivity index (χ3v) is 6.51. The number of hydrogen-bond acceptors (Lipinski definition) is 5. The standard InChI is InChI=1S/C24H28N4O2/c1-5-6-17-10-16(11-22(29-3)24(17)30-4)14-27-18-7-8-20(27)19-13-25-23-9-15(2)26-28(23)21(19)12-18/h5,9-11,13,18,20H,1,6-8,12,14H2,2-4H3/t18-,20+/m1/s1. The van der Waals surface area contributed by atoms with Crippen LogP contribution in [0, 0.1) is 6.92 Å². The second-order valence-corrected chi connectivity index (χ2v) is 8.32. The Morgan fingerprint density at radius 1 is 1.20 bits per heavy atom. The van der Waals surface area contributed by atoms with E-state index < -0.39 is 0 Å². The van der Waals surface area contributed by atoms with E-state index in [1.54, 1.807) is 14.2 Å². The van der Waals surface area contributed by atoms with Crippen LogP contribution in [0.1, 0.15) is 47.0 Å². The lowest BCUT2D eigenvalue weighted by atomic mass is 9.97. The molecule has 2 bridgehead atoms. The molecule has 2 aromatic heterocycles. The number of aromatic nitrogens is 3. The molecule has 0 spiro atoms. The van der Waals surface area contributed by atoms with Crippen molar-refractivity contribution in [1.82, 2.24) is 19.5 Å². The Balaban J connectivity index is 1.50. The van der Waals surface area contributed by atoms with E-state index in [-0.39, 0.29) is 0 Å². The molecule has 0 saturated carbocycles. The third-order valence-electron chi connectivity index (χ3n) is 6.51. The van der Waals surface area contributed by atoms with Crippen LogP contribution in [0.15, 0.2) is 37.1 Å². The van der Waals surface area contributed by atoms with Crippen molar-refractivity contribution < 1.29 is 9.47 Å². The largest absolute Gasteiger partial charge is 0.493 e. The van der Waals surface area contributed by atoms with Crippen molar-refractivity contribution in [3.8, 4) is 11.5 Å². The predicted octanol–water partition coefficient (Wildman–Crippen LogP) is 4.05. The van der Waals surface area contributed by atoms with Gasteiger partial charge in [-0.3, -0.25) is 4.90 Å². The van der Waals surface area contributed by atoms with Crippen molar-refractivity contribution in [3.63, 3.8) is 0 Å². The molecule has 5 rings (SSSR count). The highest BCUT2D eigenvalue weighted by Crippen LogP contribution is 2.45. The van der Waals surface area contributed by atoms with E-state index >= 15 is 0 Å². The summed E-state index contributed by atoms with van der Waals surface area (Å²) in [6.07, 6.45) is 8.11. The Morgan fingerprint density at radius 2 is 2.07 bits per heavy atom. The summed E-state index contributed by atoms with van der Waals surface area (Å²) in [5, 5.41) is 4.70. The minimum absolute atomic E-state index is 0.385. The van der Waals surface area contributed by atoms with Crippen molar-refractivity contribution >= 4 is 5.65 Å². The number of nitrogens with zero attached hydrogens (tertiary/aromatic N) is 4. The highest BCUT2D eigenvalue weighted by atomic mass is 16.5. The quantitative estimate of drug-likeness (QED) is 0.580. The molecule has 0 aliphatic carbocycles. The lowest BCUT2D eigenvalue weighted by Crippen LogP contribution is -2.38. The molecule has 2 aliphatic rings. The number of fused-ring (bicyclic) bond motifs is 6. The fourth-order valence-corrected chi connectivity index (χ4v) is 5.26. The monoisotopic (exact) mass is 404 g/mol. The molecular weight excluding hydrogens is 376 g/mol. The highest BCUT2D eigenvalue weighted by molar-refractivity contribution is 5.50. The molecule has 1 fully saturated rings. The third kappa shape index (κ3) is 2.98. The lowest BCUT2D eigenvalue weighted by Gasteiger charge is -2.36. The van der Waals surface area contributed by atoms with Gasteiger partial charge in [-0.25, -0.2) is 9.50 Å². The fraction of sp³-hybridized carbons (Fsp3) is 0.417. The second kappa shape index (κ2) is 7.43. The van der Waals surface area contributed by atoms with Crippen LogP contribution in [0.5, 0.6) is 11.5 Å². The molecule has 1 aromatic carbocycles. The van der Waals surface area contributed by atoms with E-state index in [4.69, 9.17) is 14.6 Å². The Bertz CT molecular complexity index is 1120. The maximum atomic E-state index is 5.63. The molecule has 0 amide bonds. The molecular formula is C24H28N4O2. The summed E-state index contributed by atoms with van der Waals surface area (Å²) in [5.74, 6) is 1.58. The molecule has 6 nitrogen and oxygen atoms in total. The molecule has 0 radical (unpaired) electrons. The van der Waals surface area contributed by atoms with Crippen LogP contribution in [-0.4, -0.2) is 39.8 Å². The number of ether oxygens (including phenoxy) is 2. The number of benzene rings is 1. The second-order valence-electron chi connectivity index (χ2n) is 8.32. The first-order chi connectivity index (χ1) is 14.6. The van der Waals surface area contributed by atoms with Crippen molar-refractivity contribution in [2.24, 2.45) is 0 Å². The molecule has 1 saturated heterocycles. The van der Waals surface area contributed by atoms with Crippen molar-refractivity contribution in [2.75, 3.05) is 14.2 Å². The Labute approximate surface area is 177 Å². The molecule has 2 aliphatic heterocycles. The summed E-state index contributed by atoms with van der Waals surface area (Å²) in [6.45, 7) is 6.81. The van der Waals surface area contributed by atoms with Crippen LogP contribution in [-0.2, 0) is 19.4 Å². The van der Waals surface area contributed by atoms with E-state index in [0.29, 0.717) is 12.1 Å². The van der Waals surface area contributed by atoms with E-state index in [2.05, 4.69) is 45.4 Å². The molecule has 30 heavy (non-hydrogen) atoms. The lowest BCUT2D eigenvalue weighted by molar-refractivity contribution is 0.165. The minimum Gasteiger partial charge on any atom is -0.493 e. The number of rotatable bonds is 6. The molecule has 156 valence electrons. The molecule has 3 aromatic rings. The average molecular weight is 405 g/mol. The Kier molecular flexibility index (Phi) is 4.74. The normalized spacial score (nSPS) is 20.4. The number of hydrogen-bond donors (Lipinski definition) is 0. The van der Waals surface area contributed by atoms with Gasteiger partial charge < -0.3 is 9.47 Å². The first-order valence-electron chi connectivity index (χ1n) is 10.6. The molecule has 2 atom stereocenters. The maximum Gasteiger partial charge on any atom is 0.164 e. The first kappa shape index (κ1) is 19.1. The van der Waals surface area contributed by atoms with Crippen LogP contribution < -0.4 is 9.47 Å². The summed E-state index contributed by atoms with van der Waals surface area (Å²) >= 11 is 0. The van der Waals surface area contributed by atoms with E-state index in [1.807, 2.05) is 13.0 Å². The Morgan fingerprint density at radius 3 is 2.83 bits per heavy atom. The van der Waals surface area contributed by atoms with Gasteiger partial charge in [-0.15, -0.1) is 6.58 Å². The Hall–Kier alpha value is -2.86. The van der Waals surface area contributed by atoms with Crippen LogP contribution in [0.3, 0.4) is 0 Å². The topological polar surface area (TPSA) is 51.9 Å². The summed E-state index contributed by atoms with van der Waals surface area (Å²) in [5.41, 5.74) is 6.98. The van der Waals surface area contributed by atoms with Gasteiger partial charge in [0.2, 0.25) is 0 Å². The molecule has 0 unspecified atom stereocenters. The van der Waals surface area contributed by atoms with Gasteiger partial charge in [-0.2, -0.15) is 5.10 Å². The molecule has 4 heterocycles. The number of allylic oxidation sites excluding steroid dienone is 1. The summed E-state index contributed by atoms with van der Waals surface area (Å²) < 4.78 is 13.3. The molecule has 0 N–H and O–H groups in total. The first-order valence-corrected chi connectivity index (χ1v) is 10.6. The van der Waals surface area contributed by atoms with Gasteiger partial charge in [0, 0.05) is 48.4 Å². The van der Waals surface area contributed by atoms with Gasteiger partial charge in [0.05, 0.1) is 25.6 Å². The van der Waals surface area contributed by atoms with Crippen LogP contribution in [0.4, 0.5) is 0 Å². The van der Waals surface area contributed by atoms with Gasteiger partial charge >= 0.3 is 0 Å². The SMILES string of the molecule is C=CCc1cc(CN2[C@@H]3CC[C@H]2c2cnc4cc(C)nn4c2C3)cc(OC)c1OC. The van der Waals surface area contributed by atoms with Crippen molar-refractivity contribution in [2.45, 2.75) is 51.2 Å². The van der Waals surface area contributed by atoms with E-state index in [9.17, 15) is 0 Å². The molecule has 6 heteroatoms. The summed E-state index contributed by atoms with van der Waals surface area (Å²) in [6, 6.07) is 7.30.